The quantitative estimate of drug-likeness (QED) is 0.746. The van der Waals surface area contributed by atoms with E-state index in [4.69, 9.17) is 0 Å². The summed E-state index contributed by atoms with van der Waals surface area (Å²) in [7, 11) is 0. The Labute approximate surface area is 158 Å². The number of halogens is 3. The average Bonchev–Trinajstić information content (AvgIpc) is 3.27. The molecule has 4 rings (SSSR count). The van der Waals surface area contributed by atoms with Gasteiger partial charge in [0.05, 0.1) is 11.9 Å². The van der Waals surface area contributed by atoms with Crippen molar-refractivity contribution in [1.82, 2.24) is 24.1 Å². The molecule has 3 aromatic rings. The van der Waals surface area contributed by atoms with Crippen LogP contribution in [0.2, 0.25) is 0 Å². The molecule has 0 spiro atoms. The number of carbonyl (C=O) groups is 1. The Balaban J connectivity index is 1.43. The maximum absolute atomic E-state index is 12.9. The van der Waals surface area contributed by atoms with E-state index in [0.717, 1.165) is 10.4 Å². The second-order valence-corrected chi connectivity index (χ2v) is 6.65. The molecule has 0 bridgehead atoms. The third kappa shape index (κ3) is 3.37. The Morgan fingerprint density at radius 1 is 1.21 bits per heavy atom. The molecule has 7 nitrogen and oxygen atoms in total. The molecule has 4 heterocycles. The Hall–Kier alpha value is -3.17. The highest BCUT2D eigenvalue weighted by atomic mass is 19.4. The highest BCUT2D eigenvalue weighted by Crippen LogP contribution is 2.32. The number of nitrogens with zero attached hydrogens (tertiary/aromatic N) is 5. The summed E-state index contributed by atoms with van der Waals surface area (Å²) in [6.45, 7) is 1.97. The van der Waals surface area contributed by atoms with E-state index in [2.05, 4.69) is 20.3 Å². The molecule has 1 aliphatic rings. The zero-order valence-electron chi connectivity index (χ0n) is 14.9. The van der Waals surface area contributed by atoms with E-state index < -0.39 is 17.9 Å². The van der Waals surface area contributed by atoms with Gasteiger partial charge in [-0.2, -0.15) is 13.2 Å². The van der Waals surface area contributed by atoms with Crippen molar-refractivity contribution in [2.45, 2.75) is 32.5 Å². The first-order chi connectivity index (χ1) is 13.3. The second kappa shape index (κ2) is 6.77. The van der Waals surface area contributed by atoms with Gasteiger partial charge in [0.2, 0.25) is 11.7 Å². The van der Waals surface area contributed by atoms with E-state index >= 15 is 0 Å². The summed E-state index contributed by atoms with van der Waals surface area (Å²) in [4.78, 5) is 24.5. The molecular formula is C18H17F3N6O. The van der Waals surface area contributed by atoms with Gasteiger partial charge in [-0.3, -0.25) is 9.36 Å². The number of aromatic nitrogens is 5. The molecule has 3 aromatic heterocycles. The van der Waals surface area contributed by atoms with Crippen LogP contribution in [0.3, 0.4) is 0 Å². The number of aryl methyl sites for hydroxylation is 1. The Morgan fingerprint density at radius 2 is 2.04 bits per heavy atom. The molecule has 0 saturated carbocycles. The summed E-state index contributed by atoms with van der Waals surface area (Å²) in [5.41, 5.74) is 0.948. The molecular weight excluding hydrogens is 373 g/mol. The minimum absolute atomic E-state index is 0.110. The van der Waals surface area contributed by atoms with Crippen molar-refractivity contribution in [3.8, 4) is 5.82 Å². The first-order valence-electron chi connectivity index (χ1n) is 8.72. The number of amides is 1. The van der Waals surface area contributed by atoms with E-state index in [1.807, 2.05) is 11.5 Å². The first kappa shape index (κ1) is 18.2. The molecule has 1 unspecified atom stereocenters. The summed E-state index contributed by atoms with van der Waals surface area (Å²) in [6.07, 6.45) is 2.25. The third-order valence-corrected chi connectivity index (χ3v) is 4.81. The van der Waals surface area contributed by atoms with E-state index in [1.165, 1.54) is 6.20 Å². The number of anilines is 1. The van der Waals surface area contributed by atoms with E-state index in [0.29, 0.717) is 23.6 Å². The summed E-state index contributed by atoms with van der Waals surface area (Å²) < 4.78 is 41.8. The van der Waals surface area contributed by atoms with Gasteiger partial charge >= 0.3 is 6.18 Å². The van der Waals surface area contributed by atoms with Gasteiger partial charge in [0.15, 0.2) is 0 Å². The number of hydrogen-bond acceptors (Lipinski definition) is 4. The molecule has 0 saturated heterocycles. The standard InChI is InChI=1S/C18H17F3N6O/c1-11-22-5-7-26(11)15-3-2-13(9-23-15)25-16(28)12-4-6-27-14(8-12)10-24-17(27)18(19,20)21/h2-3,5,7,9-10,12H,4,6,8H2,1H3,(H,25,28). The number of hydrogen-bond donors (Lipinski definition) is 1. The van der Waals surface area contributed by atoms with Crippen LogP contribution in [0.1, 0.15) is 23.8 Å². The number of rotatable bonds is 3. The van der Waals surface area contributed by atoms with Crippen LogP contribution >= 0.6 is 0 Å². The summed E-state index contributed by atoms with van der Waals surface area (Å²) in [6, 6.07) is 3.49. The fraction of sp³-hybridized carbons (Fsp3) is 0.333. The SMILES string of the molecule is Cc1nccn1-c1ccc(NC(=O)C2CCn3c(cnc3C(F)(F)F)C2)cn1. The number of carbonyl (C=O) groups excluding carboxylic acids is 1. The lowest BCUT2D eigenvalue weighted by Crippen LogP contribution is -2.31. The minimum Gasteiger partial charge on any atom is -0.324 e. The Kier molecular flexibility index (Phi) is 4.40. The lowest BCUT2D eigenvalue weighted by atomic mass is 9.95. The normalized spacial score (nSPS) is 16.6. The van der Waals surface area contributed by atoms with Crippen molar-refractivity contribution in [2.75, 3.05) is 5.32 Å². The zero-order valence-corrected chi connectivity index (χ0v) is 14.9. The molecule has 1 amide bonds. The largest absolute Gasteiger partial charge is 0.449 e. The lowest BCUT2D eigenvalue weighted by Gasteiger charge is -2.24. The lowest BCUT2D eigenvalue weighted by molar-refractivity contribution is -0.147. The molecule has 0 fully saturated rings. The summed E-state index contributed by atoms with van der Waals surface area (Å²) in [5.74, 6) is -0.0956. The van der Waals surface area contributed by atoms with Crippen LogP contribution in [0.15, 0.2) is 36.9 Å². The Morgan fingerprint density at radius 3 is 2.68 bits per heavy atom. The summed E-state index contributed by atoms with van der Waals surface area (Å²) in [5, 5.41) is 2.79. The van der Waals surface area contributed by atoms with Crippen LogP contribution in [-0.2, 0) is 23.9 Å². The van der Waals surface area contributed by atoms with Gasteiger partial charge in [0, 0.05) is 43.2 Å². The van der Waals surface area contributed by atoms with E-state index in [9.17, 15) is 18.0 Å². The van der Waals surface area contributed by atoms with Gasteiger partial charge in [-0.15, -0.1) is 0 Å². The predicted molar refractivity (Wildman–Crippen MR) is 93.8 cm³/mol. The number of fused-ring (bicyclic) bond motifs is 1. The van der Waals surface area contributed by atoms with Gasteiger partial charge in [-0.1, -0.05) is 0 Å². The minimum atomic E-state index is -4.49. The molecule has 0 aliphatic carbocycles. The number of nitrogens with one attached hydrogen (secondary N) is 1. The number of pyridine rings is 1. The molecule has 10 heteroatoms. The van der Waals surface area contributed by atoms with E-state index in [1.54, 1.807) is 30.7 Å². The van der Waals surface area contributed by atoms with Crippen molar-refractivity contribution >= 4 is 11.6 Å². The van der Waals surface area contributed by atoms with Crippen LogP contribution < -0.4 is 5.32 Å². The van der Waals surface area contributed by atoms with Crippen LogP contribution in [0.25, 0.3) is 5.82 Å². The molecule has 28 heavy (non-hydrogen) atoms. The predicted octanol–water partition coefficient (Wildman–Crippen LogP) is 2.99. The van der Waals surface area contributed by atoms with Crippen LogP contribution in [0.5, 0.6) is 0 Å². The number of imidazole rings is 2. The molecule has 0 aromatic carbocycles. The maximum Gasteiger partial charge on any atom is 0.449 e. The van der Waals surface area contributed by atoms with Crippen molar-refractivity contribution in [2.24, 2.45) is 5.92 Å². The topological polar surface area (TPSA) is 77.6 Å². The number of alkyl halides is 3. The van der Waals surface area contributed by atoms with Crippen molar-refractivity contribution in [3.63, 3.8) is 0 Å². The molecule has 1 atom stereocenters. The zero-order chi connectivity index (χ0) is 19.9. The average molecular weight is 390 g/mol. The van der Waals surface area contributed by atoms with Gasteiger partial charge in [0.25, 0.3) is 0 Å². The van der Waals surface area contributed by atoms with Crippen molar-refractivity contribution < 1.29 is 18.0 Å². The van der Waals surface area contributed by atoms with Gasteiger partial charge < -0.3 is 9.88 Å². The first-order valence-corrected chi connectivity index (χ1v) is 8.72. The maximum atomic E-state index is 12.9. The monoisotopic (exact) mass is 390 g/mol. The smallest absolute Gasteiger partial charge is 0.324 e. The van der Waals surface area contributed by atoms with E-state index in [-0.39, 0.29) is 18.9 Å². The van der Waals surface area contributed by atoms with Crippen molar-refractivity contribution in [1.29, 1.82) is 0 Å². The van der Waals surface area contributed by atoms with Crippen LogP contribution in [-0.4, -0.2) is 30.0 Å². The summed E-state index contributed by atoms with van der Waals surface area (Å²) >= 11 is 0. The third-order valence-electron chi connectivity index (χ3n) is 4.81. The van der Waals surface area contributed by atoms with Crippen molar-refractivity contribution in [3.05, 3.63) is 54.3 Å². The molecule has 1 aliphatic heterocycles. The molecule has 0 radical (unpaired) electrons. The highest BCUT2D eigenvalue weighted by Gasteiger charge is 2.39. The molecule has 1 N–H and O–H groups in total. The van der Waals surface area contributed by atoms with Gasteiger partial charge in [-0.25, -0.2) is 15.0 Å². The van der Waals surface area contributed by atoms with Gasteiger partial charge in [-0.05, 0) is 25.5 Å². The fourth-order valence-electron chi connectivity index (χ4n) is 3.38. The molecule has 146 valence electrons. The fourth-order valence-corrected chi connectivity index (χ4v) is 3.38. The van der Waals surface area contributed by atoms with Crippen LogP contribution in [0, 0.1) is 12.8 Å². The highest BCUT2D eigenvalue weighted by molar-refractivity contribution is 5.92. The Bertz CT molecular complexity index is 1010. The van der Waals surface area contributed by atoms with Gasteiger partial charge in [0.1, 0.15) is 11.6 Å². The van der Waals surface area contributed by atoms with Crippen LogP contribution in [0.4, 0.5) is 18.9 Å². The second-order valence-electron chi connectivity index (χ2n) is 6.65.